The van der Waals surface area contributed by atoms with Crippen molar-refractivity contribution in [2.75, 3.05) is 31.7 Å². The number of nitrogens with zero attached hydrogens (tertiary/aromatic N) is 1. The average molecular weight is 543 g/mol. The molecule has 2 heterocycles. The van der Waals surface area contributed by atoms with E-state index in [1.54, 1.807) is 18.2 Å². The van der Waals surface area contributed by atoms with E-state index in [0.717, 1.165) is 48.6 Å². The summed E-state index contributed by atoms with van der Waals surface area (Å²) in [6.45, 7) is 7.41. The van der Waals surface area contributed by atoms with Gasteiger partial charge in [0.2, 0.25) is 6.79 Å². The molecule has 196 valence electrons. The molecule has 1 unspecified atom stereocenters. The number of hydrogen-bond acceptors (Lipinski definition) is 6. The maximum absolute atomic E-state index is 10.7. The fourth-order valence-electron chi connectivity index (χ4n) is 5.27. The van der Waals surface area contributed by atoms with E-state index in [1.807, 2.05) is 12.1 Å². The van der Waals surface area contributed by atoms with Gasteiger partial charge in [0, 0.05) is 33.7 Å². The van der Waals surface area contributed by atoms with Crippen molar-refractivity contribution in [1.82, 2.24) is 10.2 Å². The Balaban J connectivity index is 1.33. The smallest absolute Gasteiger partial charge is 0.231 e. The monoisotopic (exact) mass is 541 g/mol. The van der Waals surface area contributed by atoms with Gasteiger partial charge in [-0.25, -0.2) is 0 Å². The average Bonchev–Trinajstić information content (AvgIpc) is 3.35. The van der Waals surface area contributed by atoms with Crippen LogP contribution in [-0.4, -0.2) is 48.8 Å². The molecular weight excluding hydrogens is 509 g/mol. The Morgan fingerprint density at radius 2 is 1.54 bits per heavy atom. The second-order valence-electron chi connectivity index (χ2n) is 10.1. The quantitative estimate of drug-likeness (QED) is 0.299. The molecule has 0 radical (unpaired) electrons. The maximum atomic E-state index is 10.7. The number of nitrogens with one attached hydrogen (secondary N) is 2. The lowest BCUT2D eigenvalue weighted by Crippen LogP contribution is -2.52. The zero-order valence-electron chi connectivity index (χ0n) is 21.1. The lowest BCUT2D eigenvalue weighted by molar-refractivity contribution is 0.105. The van der Waals surface area contributed by atoms with Crippen molar-refractivity contribution >= 4 is 28.9 Å². The molecule has 6 nitrogen and oxygen atoms in total. The van der Waals surface area contributed by atoms with Gasteiger partial charge < -0.3 is 24.8 Å². The minimum absolute atomic E-state index is 0.104. The van der Waals surface area contributed by atoms with Crippen molar-refractivity contribution in [2.45, 2.75) is 44.5 Å². The highest BCUT2D eigenvalue weighted by molar-refractivity contribution is 6.35. The van der Waals surface area contributed by atoms with Gasteiger partial charge in [-0.05, 0) is 86.8 Å². The minimum Gasteiger partial charge on any atom is -0.454 e. The van der Waals surface area contributed by atoms with Gasteiger partial charge in [0.15, 0.2) is 17.9 Å². The van der Waals surface area contributed by atoms with Crippen LogP contribution in [0.3, 0.4) is 0 Å². The molecule has 0 amide bonds. The highest BCUT2D eigenvalue weighted by Gasteiger charge is 2.37. The summed E-state index contributed by atoms with van der Waals surface area (Å²) in [5.74, 6) is 1.57. The summed E-state index contributed by atoms with van der Waals surface area (Å²) >= 11 is 12.2. The molecule has 8 heteroatoms. The number of fused-ring (bicyclic) bond motifs is 1. The molecule has 1 fully saturated rings. The highest BCUT2D eigenvalue weighted by Crippen LogP contribution is 2.39. The summed E-state index contributed by atoms with van der Waals surface area (Å²) in [5.41, 5.74) is 4.05. The predicted molar refractivity (Wildman–Crippen MR) is 150 cm³/mol. The van der Waals surface area contributed by atoms with Gasteiger partial charge in [0.25, 0.3) is 0 Å². The normalized spacial score (nSPS) is 17.7. The van der Waals surface area contributed by atoms with E-state index in [2.05, 4.69) is 59.7 Å². The van der Waals surface area contributed by atoms with Gasteiger partial charge in [-0.2, -0.15) is 0 Å². The van der Waals surface area contributed by atoms with Crippen LogP contribution in [0.2, 0.25) is 10.0 Å². The van der Waals surface area contributed by atoms with Crippen molar-refractivity contribution in [2.24, 2.45) is 0 Å². The number of halogens is 2. The number of benzene rings is 3. The molecule has 1 saturated heterocycles. The van der Waals surface area contributed by atoms with E-state index in [0.29, 0.717) is 28.3 Å². The fourth-order valence-corrected chi connectivity index (χ4v) is 5.79. The number of aliphatic hydroxyl groups excluding tert-OH is 1. The molecule has 1 atom stereocenters. The first kappa shape index (κ1) is 26.1. The van der Waals surface area contributed by atoms with Gasteiger partial charge in [-0.15, -0.1) is 0 Å². The number of ether oxygens (including phenoxy) is 2. The lowest BCUT2D eigenvalue weighted by Gasteiger charge is -2.44. The van der Waals surface area contributed by atoms with E-state index in [4.69, 9.17) is 32.7 Å². The van der Waals surface area contributed by atoms with Gasteiger partial charge in [-0.3, -0.25) is 5.32 Å². The molecule has 5 rings (SSSR count). The minimum atomic E-state index is -0.942. The van der Waals surface area contributed by atoms with Crippen LogP contribution >= 0.6 is 23.2 Å². The van der Waals surface area contributed by atoms with Gasteiger partial charge in [0.05, 0.1) is 0 Å². The van der Waals surface area contributed by atoms with Crippen molar-refractivity contribution < 1.29 is 14.6 Å². The molecule has 3 aromatic rings. The highest BCUT2D eigenvalue weighted by atomic mass is 35.5. The van der Waals surface area contributed by atoms with Crippen LogP contribution in [0.15, 0.2) is 60.7 Å². The Kier molecular flexibility index (Phi) is 7.84. The number of aliphatic hydroxyl groups is 1. The number of hydrogen-bond donors (Lipinski definition) is 3. The first-order chi connectivity index (χ1) is 17.8. The van der Waals surface area contributed by atoms with Crippen molar-refractivity contribution in [1.29, 1.82) is 0 Å². The molecule has 0 spiro atoms. The molecule has 3 aromatic carbocycles. The van der Waals surface area contributed by atoms with E-state index in [9.17, 15) is 5.11 Å². The summed E-state index contributed by atoms with van der Waals surface area (Å²) in [6.07, 6.45) is 1.05. The molecule has 0 aliphatic carbocycles. The number of rotatable bonds is 8. The zero-order valence-corrected chi connectivity index (χ0v) is 22.6. The molecule has 37 heavy (non-hydrogen) atoms. The molecule has 2 aliphatic heterocycles. The molecular formula is C29H33Cl2N3O3. The van der Waals surface area contributed by atoms with E-state index >= 15 is 0 Å². The second-order valence-corrected chi connectivity index (χ2v) is 11.0. The summed E-state index contributed by atoms with van der Waals surface area (Å²) < 4.78 is 11.0. The van der Waals surface area contributed by atoms with Crippen LogP contribution in [0.1, 0.15) is 32.3 Å². The van der Waals surface area contributed by atoms with Crippen LogP contribution in [0, 0.1) is 0 Å². The largest absolute Gasteiger partial charge is 0.454 e. The van der Waals surface area contributed by atoms with Crippen LogP contribution in [0.4, 0.5) is 5.69 Å². The predicted octanol–water partition coefficient (Wildman–Crippen LogP) is 6.11. The first-order valence-corrected chi connectivity index (χ1v) is 13.5. The van der Waals surface area contributed by atoms with Crippen LogP contribution < -0.4 is 20.1 Å². The van der Waals surface area contributed by atoms with E-state index in [-0.39, 0.29) is 12.2 Å². The zero-order chi connectivity index (χ0) is 26.0. The topological polar surface area (TPSA) is 66.0 Å². The summed E-state index contributed by atoms with van der Waals surface area (Å²) in [5, 5.41) is 18.1. The Morgan fingerprint density at radius 3 is 2.22 bits per heavy atom. The lowest BCUT2D eigenvalue weighted by atomic mass is 9.72. The standard InChI is InChI=1S/C29H33Cl2N3O3/c1-19(2)34-11-9-29(10-12-34,17-32-28(35)33-25-15-23(30)14-24(31)16-25)22-6-3-20(4-7-22)21-5-8-26-27(13-21)37-18-36-26/h3-8,13-16,19,28,32-33,35H,9-12,17-18H2,1-2H3. The Hall–Kier alpha value is -2.48. The third-order valence-electron chi connectivity index (χ3n) is 7.49. The third-order valence-corrected chi connectivity index (χ3v) is 7.92. The Morgan fingerprint density at radius 1 is 0.892 bits per heavy atom. The van der Waals surface area contributed by atoms with Crippen LogP contribution in [-0.2, 0) is 5.41 Å². The van der Waals surface area contributed by atoms with E-state index in [1.165, 1.54) is 5.56 Å². The summed E-state index contributed by atoms with van der Waals surface area (Å²) in [4.78, 5) is 2.52. The fraction of sp³-hybridized carbons (Fsp3) is 0.379. The SMILES string of the molecule is CC(C)N1CCC(CNC(O)Nc2cc(Cl)cc(Cl)c2)(c2ccc(-c3ccc4c(c3)OCO4)cc2)CC1. The first-order valence-electron chi connectivity index (χ1n) is 12.7. The number of piperidine rings is 1. The molecule has 2 aliphatic rings. The summed E-state index contributed by atoms with van der Waals surface area (Å²) in [6, 6.07) is 20.5. The van der Waals surface area contributed by atoms with Crippen LogP contribution in [0.5, 0.6) is 11.5 Å². The molecule has 0 aromatic heterocycles. The molecule has 0 bridgehead atoms. The second kappa shape index (κ2) is 11.1. The summed E-state index contributed by atoms with van der Waals surface area (Å²) in [7, 11) is 0. The van der Waals surface area contributed by atoms with Crippen LogP contribution in [0.25, 0.3) is 11.1 Å². The maximum Gasteiger partial charge on any atom is 0.231 e. The van der Waals surface area contributed by atoms with Crippen molar-refractivity contribution in [3.05, 3.63) is 76.3 Å². The number of likely N-dealkylation sites (tertiary alicyclic amines) is 1. The Labute approximate surface area is 228 Å². The number of anilines is 1. The van der Waals surface area contributed by atoms with Gasteiger partial charge in [-0.1, -0.05) is 53.5 Å². The third kappa shape index (κ3) is 6.00. The van der Waals surface area contributed by atoms with Crippen molar-refractivity contribution in [3.63, 3.8) is 0 Å². The molecule has 3 N–H and O–H groups in total. The van der Waals surface area contributed by atoms with Gasteiger partial charge >= 0.3 is 0 Å². The Bertz CT molecular complexity index is 1210. The molecule has 0 saturated carbocycles. The van der Waals surface area contributed by atoms with E-state index < -0.39 is 6.35 Å². The van der Waals surface area contributed by atoms with Gasteiger partial charge in [0.1, 0.15) is 0 Å². The van der Waals surface area contributed by atoms with Crippen molar-refractivity contribution in [3.8, 4) is 22.6 Å².